The van der Waals surface area contributed by atoms with E-state index in [-0.39, 0.29) is 30.7 Å². The Balaban J connectivity index is 2.67. The Morgan fingerprint density at radius 2 is 2.00 bits per heavy atom. The van der Waals surface area contributed by atoms with E-state index in [0.29, 0.717) is 10.7 Å². The fourth-order valence-corrected chi connectivity index (χ4v) is 1.92. The molecule has 1 aromatic rings. The fraction of sp³-hybridized carbons (Fsp3) is 0.467. The third-order valence-corrected chi connectivity index (χ3v) is 3.03. The summed E-state index contributed by atoms with van der Waals surface area (Å²) in [5.41, 5.74) is 2.48. The quantitative estimate of drug-likeness (QED) is 0.635. The monoisotopic (exact) mass is 346 g/mol. The van der Waals surface area contributed by atoms with Crippen LogP contribution >= 0.6 is 23.2 Å². The van der Waals surface area contributed by atoms with Crippen molar-refractivity contribution in [2.24, 2.45) is 0 Å². The standard InChI is InChI=1S/C15H20Cl2N2O3/c1-15(2,3)22-18-13(20)7-8-19(14(21)10-16)12-6-4-5-11(17)9-12/h4-6,9H,7-8,10H2,1-3H3,(H,18,20). The molecule has 2 amide bonds. The van der Waals surface area contributed by atoms with Gasteiger partial charge in [0.2, 0.25) is 11.8 Å². The first-order valence-corrected chi connectivity index (χ1v) is 7.73. The van der Waals surface area contributed by atoms with Gasteiger partial charge in [0.25, 0.3) is 0 Å². The molecule has 0 saturated heterocycles. The maximum absolute atomic E-state index is 11.9. The maximum Gasteiger partial charge on any atom is 0.245 e. The van der Waals surface area contributed by atoms with E-state index in [2.05, 4.69) is 5.48 Å². The molecule has 1 N–H and O–H groups in total. The van der Waals surface area contributed by atoms with Gasteiger partial charge in [-0.15, -0.1) is 11.6 Å². The van der Waals surface area contributed by atoms with Gasteiger partial charge in [0.05, 0.1) is 5.60 Å². The number of carbonyl (C=O) groups is 2. The highest BCUT2D eigenvalue weighted by Gasteiger charge is 2.18. The van der Waals surface area contributed by atoms with Gasteiger partial charge < -0.3 is 4.90 Å². The first-order valence-electron chi connectivity index (χ1n) is 6.81. The molecule has 0 atom stereocenters. The summed E-state index contributed by atoms with van der Waals surface area (Å²) in [4.78, 5) is 30.3. The maximum atomic E-state index is 11.9. The molecule has 0 aromatic heterocycles. The fourth-order valence-electron chi connectivity index (χ4n) is 1.59. The molecular formula is C15H20Cl2N2O3. The van der Waals surface area contributed by atoms with E-state index < -0.39 is 5.60 Å². The van der Waals surface area contributed by atoms with Gasteiger partial charge in [0, 0.05) is 23.7 Å². The van der Waals surface area contributed by atoms with Crippen molar-refractivity contribution in [2.75, 3.05) is 17.3 Å². The van der Waals surface area contributed by atoms with E-state index in [1.165, 1.54) is 4.90 Å². The van der Waals surface area contributed by atoms with Crippen molar-refractivity contribution < 1.29 is 14.4 Å². The van der Waals surface area contributed by atoms with Crippen LogP contribution in [0.1, 0.15) is 27.2 Å². The van der Waals surface area contributed by atoms with Gasteiger partial charge in [0.1, 0.15) is 5.88 Å². The molecule has 0 heterocycles. The van der Waals surface area contributed by atoms with E-state index in [1.807, 2.05) is 20.8 Å². The summed E-state index contributed by atoms with van der Waals surface area (Å²) in [6, 6.07) is 6.82. The summed E-state index contributed by atoms with van der Waals surface area (Å²) in [6.45, 7) is 5.65. The second kappa shape index (κ2) is 8.36. The average molecular weight is 347 g/mol. The molecule has 7 heteroatoms. The van der Waals surface area contributed by atoms with Gasteiger partial charge >= 0.3 is 0 Å². The van der Waals surface area contributed by atoms with Crippen molar-refractivity contribution in [3.8, 4) is 0 Å². The largest absolute Gasteiger partial charge is 0.311 e. The zero-order valence-electron chi connectivity index (χ0n) is 12.9. The Morgan fingerprint density at radius 1 is 1.32 bits per heavy atom. The zero-order valence-corrected chi connectivity index (χ0v) is 14.4. The van der Waals surface area contributed by atoms with Crippen molar-refractivity contribution in [1.29, 1.82) is 0 Å². The molecule has 1 aromatic carbocycles. The lowest BCUT2D eigenvalue weighted by molar-refractivity contribution is -0.145. The van der Waals surface area contributed by atoms with Crippen LogP contribution in [0.2, 0.25) is 5.02 Å². The minimum Gasteiger partial charge on any atom is -0.311 e. The Bertz CT molecular complexity index is 530. The molecule has 0 aliphatic carbocycles. The molecule has 5 nitrogen and oxygen atoms in total. The molecule has 0 fully saturated rings. The SMILES string of the molecule is CC(C)(C)ONC(=O)CCN(C(=O)CCl)c1cccc(Cl)c1. The molecule has 0 aliphatic heterocycles. The van der Waals surface area contributed by atoms with E-state index in [1.54, 1.807) is 24.3 Å². The molecular weight excluding hydrogens is 327 g/mol. The van der Waals surface area contributed by atoms with Crippen LogP contribution in [-0.2, 0) is 14.4 Å². The summed E-state index contributed by atoms with van der Waals surface area (Å²) in [7, 11) is 0. The van der Waals surface area contributed by atoms with Crippen LogP contribution in [0.4, 0.5) is 5.69 Å². The van der Waals surface area contributed by atoms with Crippen LogP contribution in [0.15, 0.2) is 24.3 Å². The number of amides is 2. The molecule has 0 aliphatic rings. The molecule has 0 unspecified atom stereocenters. The van der Waals surface area contributed by atoms with Crippen molar-refractivity contribution in [3.63, 3.8) is 0 Å². The Morgan fingerprint density at radius 3 is 2.55 bits per heavy atom. The van der Waals surface area contributed by atoms with Gasteiger partial charge in [-0.3, -0.25) is 14.4 Å². The number of halogens is 2. The predicted octanol–water partition coefficient (Wildman–Crippen LogP) is 3.15. The lowest BCUT2D eigenvalue weighted by atomic mass is 10.2. The molecule has 0 bridgehead atoms. The number of hydrogen-bond acceptors (Lipinski definition) is 3. The first kappa shape index (κ1) is 18.7. The smallest absolute Gasteiger partial charge is 0.245 e. The minimum absolute atomic E-state index is 0.0885. The summed E-state index contributed by atoms with van der Waals surface area (Å²) in [5, 5.41) is 0.505. The average Bonchev–Trinajstić information content (AvgIpc) is 2.44. The van der Waals surface area contributed by atoms with Crippen molar-refractivity contribution in [1.82, 2.24) is 5.48 Å². The third kappa shape index (κ3) is 6.64. The second-order valence-corrected chi connectivity index (χ2v) is 6.35. The number of benzene rings is 1. The number of carbonyl (C=O) groups excluding carboxylic acids is 2. The number of hydrogen-bond donors (Lipinski definition) is 1. The lowest BCUT2D eigenvalue weighted by Gasteiger charge is -2.23. The van der Waals surface area contributed by atoms with E-state index >= 15 is 0 Å². The second-order valence-electron chi connectivity index (χ2n) is 5.65. The normalized spacial score (nSPS) is 11.1. The Hall–Kier alpha value is -1.30. The Kier molecular flexibility index (Phi) is 7.13. The Labute approximate surface area is 140 Å². The van der Waals surface area contributed by atoms with E-state index in [9.17, 15) is 9.59 Å². The van der Waals surface area contributed by atoms with Gasteiger partial charge in [-0.2, -0.15) is 0 Å². The van der Waals surface area contributed by atoms with Gasteiger partial charge in [-0.05, 0) is 39.0 Å². The first-order chi connectivity index (χ1) is 10.2. The highest BCUT2D eigenvalue weighted by atomic mass is 35.5. The van der Waals surface area contributed by atoms with Gasteiger partial charge in [-0.1, -0.05) is 17.7 Å². The molecule has 1 rings (SSSR count). The zero-order chi connectivity index (χ0) is 16.8. The highest BCUT2D eigenvalue weighted by Crippen LogP contribution is 2.20. The van der Waals surface area contributed by atoms with E-state index in [0.717, 1.165) is 0 Å². The summed E-state index contributed by atoms with van der Waals surface area (Å²) >= 11 is 11.6. The predicted molar refractivity (Wildman–Crippen MR) is 88.1 cm³/mol. The number of nitrogens with one attached hydrogen (secondary N) is 1. The van der Waals surface area contributed by atoms with Crippen molar-refractivity contribution in [3.05, 3.63) is 29.3 Å². The van der Waals surface area contributed by atoms with Crippen molar-refractivity contribution in [2.45, 2.75) is 32.8 Å². The summed E-state index contributed by atoms with van der Waals surface area (Å²) in [5.74, 6) is -0.787. The van der Waals surface area contributed by atoms with E-state index in [4.69, 9.17) is 28.0 Å². The minimum atomic E-state index is -0.478. The van der Waals surface area contributed by atoms with Crippen LogP contribution in [0, 0.1) is 0 Å². The topological polar surface area (TPSA) is 58.6 Å². The van der Waals surface area contributed by atoms with Crippen LogP contribution in [-0.4, -0.2) is 29.8 Å². The number of rotatable bonds is 6. The molecule has 0 radical (unpaired) electrons. The summed E-state index contributed by atoms with van der Waals surface area (Å²) in [6.07, 6.45) is 0.0885. The number of alkyl halides is 1. The number of nitrogens with zero attached hydrogens (tertiary/aromatic N) is 1. The summed E-state index contributed by atoms with van der Waals surface area (Å²) < 4.78 is 0. The lowest BCUT2D eigenvalue weighted by Crippen LogP contribution is -2.38. The number of hydroxylamine groups is 1. The highest BCUT2D eigenvalue weighted by molar-refractivity contribution is 6.31. The van der Waals surface area contributed by atoms with Crippen LogP contribution in [0.25, 0.3) is 0 Å². The molecule has 0 saturated carbocycles. The van der Waals surface area contributed by atoms with Crippen LogP contribution in [0.5, 0.6) is 0 Å². The van der Waals surface area contributed by atoms with Crippen LogP contribution in [0.3, 0.4) is 0 Å². The van der Waals surface area contributed by atoms with Gasteiger partial charge in [0.15, 0.2) is 0 Å². The molecule has 0 spiro atoms. The van der Waals surface area contributed by atoms with Gasteiger partial charge in [-0.25, -0.2) is 5.48 Å². The number of anilines is 1. The molecule has 122 valence electrons. The van der Waals surface area contributed by atoms with Crippen LogP contribution < -0.4 is 10.4 Å². The third-order valence-electron chi connectivity index (χ3n) is 2.57. The van der Waals surface area contributed by atoms with Crippen molar-refractivity contribution >= 4 is 40.7 Å². The molecule has 22 heavy (non-hydrogen) atoms.